The fourth-order valence-electron chi connectivity index (χ4n) is 3.74. The molecule has 1 N–H and O–H groups in total. The van der Waals surface area contributed by atoms with Crippen molar-refractivity contribution in [1.29, 1.82) is 0 Å². The van der Waals surface area contributed by atoms with E-state index < -0.39 is 26.0 Å². The SMILES string of the molecule is CC(C)N(C)S(=O)(=O)c1ccc(CNC(=O)CN2c3cccc4cccc(c34)S2(=O)=O)cc1. The van der Waals surface area contributed by atoms with Gasteiger partial charge in [0.1, 0.15) is 6.54 Å². The van der Waals surface area contributed by atoms with Crippen LogP contribution in [-0.4, -0.2) is 46.7 Å². The zero-order valence-corrected chi connectivity index (χ0v) is 20.2. The molecule has 1 amide bonds. The van der Waals surface area contributed by atoms with E-state index in [1.54, 1.807) is 50.2 Å². The molecule has 174 valence electrons. The van der Waals surface area contributed by atoms with E-state index in [2.05, 4.69) is 5.32 Å². The van der Waals surface area contributed by atoms with Crippen molar-refractivity contribution in [2.24, 2.45) is 0 Å². The molecule has 4 rings (SSSR count). The van der Waals surface area contributed by atoms with E-state index in [4.69, 9.17) is 0 Å². The minimum Gasteiger partial charge on any atom is -0.350 e. The van der Waals surface area contributed by atoms with E-state index in [0.29, 0.717) is 16.6 Å². The largest absolute Gasteiger partial charge is 0.350 e. The average molecular weight is 488 g/mol. The number of rotatable bonds is 7. The number of sulfonamides is 2. The van der Waals surface area contributed by atoms with E-state index >= 15 is 0 Å². The molecule has 0 radical (unpaired) electrons. The van der Waals surface area contributed by atoms with Gasteiger partial charge >= 0.3 is 0 Å². The standard InChI is InChI=1S/C23H25N3O5S2/c1-16(2)25(3)32(28,29)19-12-10-17(11-13-19)14-24-22(27)15-26-20-8-4-6-18-7-5-9-21(23(18)20)33(26,30)31/h4-13,16H,14-15H2,1-3H3,(H,24,27). The van der Waals surface area contributed by atoms with Crippen molar-refractivity contribution in [3.05, 3.63) is 66.2 Å². The highest BCUT2D eigenvalue weighted by molar-refractivity contribution is 7.93. The van der Waals surface area contributed by atoms with Crippen molar-refractivity contribution in [3.63, 3.8) is 0 Å². The zero-order valence-electron chi connectivity index (χ0n) is 18.5. The Morgan fingerprint density at radius 3 is 2.30 bits per heavy atom. The minimum atomic E-state index is -3.81. The van der Waals surface area contributed by atoms with Crippen LogP contribution < -0.4 is 9.62 Å². The number of carbonyl (C=O) groups excluding carboxylic acids is 1. The second-order valence-electron chi connectivity index (χ2n) is 8.18. The first-order chi connectivity index (χ1) is 15.5. The minimum absolute atomic E-state index is 0.143. The predicted octanol–water partition coefficient (Wildman–Crippen LogP) is 2.69. The lowest BCUT2D eigenvalue weighted by molar-refractivity contribution is -0.119. The summed E-state index contributed by atoms with van der Waals surface area (Å²) in [6, 6.07) is 16.4. The van der Waals surface area contributed by atoms with Crippen molar-refractivity contribution in [2.45, 2.75) is 36.2 Å². The topological polar surface area (TPSA) is 104 Å². The number of carbonyl (C=O) groups is 1. The summed E-state index contributed by atoms with van der Waals surface area (Å²) in [5.41, 5.74) is 1.19. The number of hydrogen-bond acceptors (Lipinski definition) is 5. The summed E-state index contributed by atoms with van der Waals surface area (Å²) in [5, 5.41) is 4.14. The molecule has 0 saturated heterocycles. The first-order valence-electron chi connectivity index (χ1n) is 10.4. The summed E-state index contributed by atoms with van der Waals surface area (Å²) in [5.74, 6) is -0.459. The molecule has 1 aliphatic rings. The van der Waals surface area contributed by atoms with Gasteiger partial charge in [0.05, 0.1) is 15.5 Å². The Bertz CT molecular complexity index is 1430. The molecule has 10 heteroatoms. The Kier molecular flexibility index (Phi) is 5.94. The van der Waals surface area contributed by atoms with Gasteiger partial charge in [0.2, 0.25) is 15.9 Å². The number of nitrogens with zero attached hydrogens (tertiary/aromatic N) is 2. The second kappa shape index (κ2) is 8.44. The molecular weight excluding hydrogens is 462 g/mol. The van der Waals surface area contributed by atoms with Gasteiger partial charge in [-0.1, -0.05) is 36.4 Å². The highest BCUT2D eigenvalue weighted by Crippen LogP contribution is 2.41. The molecule has 0 fully saturated rings. The molecule has 0 spiro atoms. The van der Waals surface area contributed by atoms with Crippen LogP contribution in [0.15, 0.2) is 70.5 Å². The molecular formula is C23H25N3O5S2. The molecule has 0 saturated carbocycles. The smallest absolute Gasteiger partial charge is 0.265 e. The van der Waals surface area contributed by atoms with Crippen molar-refractivity contribution in [2.75, 3.05) is 17.9 Å². The number of nitrogens with one attached hydrogen (secondary N) is 1. The third-order valence-corrected chi connectivity index (χ3v) is 9.64. The Morgan fingerprint density at radius 2 is 1.67 bits per heavy atom. The van der Waals surface area contributed by atoms with Crippen LogP contribution in [0.5, 0.6) is 0 Å². The van der Waals surface area contributed by atoms with Gasteiger partial charge in [-0.25, -0.2) is 16.8 Å². The lowest BCUT2D eigenvalue weighted by Crippen LogP contribution is -2.38. The van der Waals surface area contributed by atoms with E-state index in [1.165, 1.54) is 23.5 Å². The van der Waals surface area contributed by atoms with Crippen molar-refractivity contribution in [3.8, 4) is 0 Å². The molecule has 8 nitrogen and oxygen atoms in total. The Labute approximate surface area is 193 Å². The van der Waals surface area contributed by atoms with Crippen LogP contribution in [0.3, 0.4) is 0 Å². The van der Waals surface area contributed by atoms with Gasteiger partial charge < -0.3 is 5.32 Å². The number of benzene rings is 3. The maximum absolute atomic E-state index is 13.0. The van der Waals surface area contributed by atoms with Gasteiger partial charge in [-0.3, -0.25) is 9.10 Å². The predicted molar refractivity (Wildman–Crippen MR) is 127 cm³/mol. The van der Waals surface area contributed by atoms with Gasteiger partial charge in [0.15, 0.2) is 0 Å². The Hall–Kier alpha value is -2.95. The molecule has 0 unspecified atom stereocenters. The lowest BCUT2D eigenvalue weighted by Gasteiger charge is -2.21. The average Bonchev–Trinajstić information content (AvgIpc) is 3.00. The lowest BCUT2D eigenvalue weighted by atomic mass is 10.1. The molecule has 1 heterocycles. The molecule has 0 atom stereocenters. The Morgan fingerprint density at radius 1 is 1.03 bits per heavy atom. The third-order valence-electron chi connectivity index (χ3n) is 5.79. The van der Waals surface area contributed by atoms with Crippen LogP contribution in [0, 0.1) is 0 Å². The first-order valence-corrected chi connectivity index (χ1v) is 13.3. The highest BCUT2D eigenvalue weighted by Gasteiger charge is 2.36. The van der Waals surface area contributed by atoms with Crippen LogP contribution in [0.1, 0.15) is 19.4 Å². The summed E-state index contributed by atoms with van der Waals surface area (Å²) in [7, 11) is -5.87. The number of amides is 1. The zero-order chi connectivity index (χ0) is 24.0. The van der Waals surface area contributed by atoms with E-state index in [-0.39, 0.29) is 28.9 Å². The van der Waals surface area contributed by atoms with E-state index in [1.807, 2.05) is 12.1 Å². The summed E-state index contributed by atoms with van der Waals surface area (Å²) < 4.78 is 53.5. The summed E-state index contributed by atoms with van der Waals surface area (Å²) in [6.45, 7) is 3.38. The van der Waals surface area contributed by atoms with Crippen LogP contribution in [-0.2, 0) is 31.4 Å². The number of hydrogen-bond donors (Lipinski definition) is 1. The quantitative estimate of drug-likeness (QED) is 0.552. The fraction of sp³-hybridized carbons (Fsp3) is 0.261. The molecule has 33 heavy (non-hydrogen) atoms. The van der Waals surface area contributed by atoms with Crippen molar-refractivity contribution >= 4 is 42.4 Å². The highest BCUT2D eigenvalue weighted by atomic mass is 32.2. The molecule has 3 aromatic carbocycles. The van der Waals surface area contributed by atoms with Crippen molar-refractivity contribution < 1.29 is 21.6 Å². The molecule has 1 aliphatic heterocycles. The number of anilines is 1. The van der Waals surface area contributed by atoms with Gasteiger partial charge in [0, 0.05) is 25.0 Å². The van der Waals surface area contributed by atoms with Crippen LogP contribution >= 0.6 is 0 Å². The van der Waals surface area contributed by atoms with E-state index in [9.17, 15) is 21.6 Å². The summed E-state index contributed by atoms with van der Waals surface area (Å²) >= 11 is 0. The maximum Gasteiger partial charge on any atom is 0.265 e. The van der Waals surface area contributed by atoms with Crippen LogP contribution in [0.2, 0.25) is 0 Å². The molecule has 3 aromatic rings. The second-order valence-corrected chi connectivity index (χ2v) is 12.0. The molecule has 0 bridgehead atoms. The van der Waals surface area contributed by atoms with Gasteiger partial charge in [-0.15, -0.1) is 0 Å². The van der Waals surface area contributed by atoms with Crippen LogP contribution in [0.4, 0.5) is 5.69 Å². The Balaban J connectivity index is 1.45. The third kappa shape index (κ3) is 4.09. The maximum atomic E-state index is 13.0. The van der Waals surface area contributed by atoms with Crippen LogP contribution in [0.25, 0.3) is 10.8 Å². The van der Waals surface area contributed by atoms with Gasteiger partial charge in [-0.05, 0) is 49.1 Å². The first kappa shape index (κ1) is 23.2. The monoisotopic (exact) mass is 487 g/mol. The molecule has 0 aliphatic carbocycles. The normalized spacial score (nSPS) is 14.9. The fourth-order valence-corrected chi connectivity index (χ4v) is 6.77. The molecule has 0 aromatic heterocycles. The summed E-state index contributed by atoms with van der Waals surface area (Å²) in [4.78, 5) is 13.0. The van der Waals surface area contributed by atoms with Gasteiger partial charge in [-0.2, -0.15) is 4.31 Å². The van der Waals surface area contributed by atoms with E-state index in [0.717, 1.165) is 9.69 Å². The van der Waals surface area contributed by atoms with Crippen molar-refractivity contribution in [1.82, 2.24) is 9.62 Å². The summed E-state index contributed by atoms with van der Waals surface area (Å²) in [6.07, 6.45) is 0. The van der Waals surface area contributed by atoms with Gasteiger partial charge in [0.25, 0.3) is 10.0 Å².